The highest BCUT2D eigenvalue weighted by atomic mass is 32.2. The number of nitrogens with one attached hydrogen (secondary N) is 3. The number of carbonyl (C=O) groups is 3. The van der Waals surface area contributed by atoms with E-state index in [-0.39, 0.29) is 29.4 Å². The van der Waals surface area contributed by atoms with E-state index in [1.165, 1.54) is 24.0 Å². The maximum Gasteiger partial charge on any atom is 0.326 e. The Hall–Kier alpha value is -3.71. The molecule has 0 spiro atoms. The van der Waals surface area contributed by atoms with E-state index in [1.54, 1.807) is 23.1 Å². The maximum atomic E-state index is 13.7. The minimum atomic E-state index is -4.25. The van der Waals surface area contributed by atoms with Gasteiger partial charge in [-0.05, 0) is 61.4 Å². The van der Waals surface area contributed by atoms with E-state index < -0.39 is 46.3 Å². The molecule has 1 aliphatic carbocycles. The third kappa shape index (κ3) is 7.07. The summed E-state index contributed by atoms with van der Waals surface area (Å²) in [6.45, 7) is 2.83. The molecule has 0 bridgehead atoms. The van der Waals surface area contributed by atoms with Crippen LogP contribution in [0.1, 0.15) is 39.0 Å². The largest absolute Gasteiger partial charge is 0.480 e. The van der Waals surface area contributed by atoms with Crippen molar-refractivity contribution in [2.24, 2.45) is 11.7 Å². The lowest BCUT2D eigenvalue weighted by molar-refractivity contribution is -0.151. The van der Waals surface area contributed by atoms with Gasteiger partial charge in [0, 0.05) is 25.7 Å². The zero-order chi connectivity index (χ0) is 29.0. The Kier molecular flexibility index (Phi) is 8.94. The van der Waals surface area contributed by atoms with Gasteiger partial charge in [-0.3, -0.25) is 15.0 Å². The Balaban J connectivity index is 1.53. The van der Waals surface area contributed by atoms with E-state index in [1.807, 2.05) is 12.1 Å². The summed E-state index contributed by atoms with van der Waals surface area (Å²) in [4.78, 5) is 41.3. The van der Waals surface area contributed by atoms with Gasteiger partial charge in [-0.15, -0.1) is 0 Å². The number of benzene rings is 2. The standard InChI is InChI=1S/C27H36N6O6S/c1-17(26(36)37)33(21-9-10-21)25(35)23(14-24(34)30-15-18-5-4-12-32(16-18)27(28)29)31-40(38,39)22-11-8-19-6-2-3-7-20(19)13-22/h2-3,6-8,11,13,17-18,21,23,31H,4-5,9-10,12,14-16H2,1H3,(H3,28,29)(H,30,34)(H,36,37)/t17-,18-,23?/m0/s1. The van der Waals surface area contributed by atoms with Crippen LogP contribution < -0.4 is 15.8 Å². The number of nitrogens with zero attached hydrogens (tertiary/aromatic N) is 2. The van der Waals surface area contributed by atoms with Crippen molar-refractivity contribution in [3.8, 4) is 0 Å². The molecule has 1 aliphatic heterocycles. The molecule has 2 amide bonds. The zero-order valence-electron chi connectivity index (χ0n) is 22.4. The highest BCUT2D eigenvalue weighted by molar-refractivity contribution is 7.89. The first-order valence-electron chi connectivity index (χ1n) is 13.4. The van der Waals surface area contributed by atoms with Crippen LogP contribution in [0.15, 0.2) is 47.4 Å². The fourth-order valence-corrected chi connectivity index (χ4v) is 6.30. The summed E-state index contributed by atoms with van der Waals surface area (Å²) in [5, 5.41) is 21.6. The first-order chi connectivity index (χ1) is 19.0. The lowest BCUT2D eigenvalue weighted by Crippen LogP contribution is -2.55. The normalized spacial score (nSPS) is 19.0. The van der Waals surface area contributed by atoms with E-state index in [9.17, 15) is 27.9 Å². The summed E-state index contributed by atoms with van der Waals surface area (Å²) in [7, 11) is -4.25. The number of carboxylic acid groups (broad SMARTS) is 1. The molecule has 216 valence electrons. The number of rotatable bonds is 11. The van der Waals surface area contributed by atoms with E-state index in [4.69, 9.17) is 11.1 Å². The molecule has 1 heterocycles. The minimum Gasteiger partial charge on any atom is -0.480 e. The Morgan fingerprint density at radius 3 is 2.50 bits per heavy atom. The Morgan fingerprint density at radius 1 is 1.15 bits per heavy atom. The second kappa shape index (κ2) is 12.2. The SMILES string of the molecule is C[C@@H](C(=O)O)N(C(=O)C(CC(=O)NC[C@@H]1CCCN(C(=N)N)C1)NS(=O)(=O)c1ccc2ccccc2c1)C1CC1. The van der Waals surface area contributed by atoms with Gasteiger partial charge in [-0.25, -0.2) is 13.2 Å². The molecule has 2 aliphatic rings. The van der Waals surface area contributed by atoms with Gasteiger partial charge < -0.3 is 26.0 Å². The lowest BCUT2D eigenvalue weighted by Gasteiger charge is -2.33. The fourth-order valence-electron chi connectivity index (χ4n) is 5.07. The third-order valence-corrected chi connectivity index (χ3v) is 8.90. The first-order valence-corrected chi connectivity index (χ1v) is 14.9. The van der Waals surface area contributed by atoms with Gasteiger partial charge in [0.2, 0.25) is 21.8 Å². The summed E-state index contributed by atoms with van der Waals surface area (Å²) in [5.74, 6) is -2.50. The van der Waals surface area contributed by atoms with Crippen LogP contribution in [0.2, 0.25) is 0 Å². The molecule has 3 atom stereocenters. The van der Waals surface area contributed by atoms with Crippen LogP contribution in [0, 0.1) is 11.3 Å². The second-order valence-electron chi connectivity index (χ2n) is 10.5. The van der Waals surface area contributed by atoms with Crippen molar-refractivity contribution in [1.82, 2.24) is 19.8 Å². The van der Waals surface area contributed by atoms with Crippen molar-refractivity contribution in [3.63, 3.8) is 0 Å². The molecule has 40 heavy (non-hydrogen) atoms. The van der Waals surface area contributed by atoms with Crippen LogP contribution >= 0.6 is 0 Å². The summed E-state index contributed by atoms with van der Waals surface area (Å²) < 4.78 is 29.2. The molecule has 4 rings (SSSR count). The number of likely N-dealkylation sites (tertiary alicyclic amines) is 1. The number of carboxylic acids is 1. The number of nitrogens with two attached hydrogens (primary N) is 1. The van der Waals surface area contributed by atoms with Crippen molar-refractivity contribution in [2.75, 3.05) is 19.6 Å². The highest BCUT2D eigenvalue weighted by Crippen LogP contribution is 2.30. The lowest BCUT2D eigenvalue weighted by atomic mass is 9.98. The van der Waals surface area contributed by atoms with Gasteiger partial charge in [0.05, 0.1) is 11.3 Å². The number of amides is 2. The van der Waals surface area contributed by atoms with Crippen LogP contribution in [0.4, 0.5) is 0 Å². The molecule has 1 saturated carbocycles. The van der Waals surface area contributed by atoms with Crippen LogP contribution in [-0.2, 0) is 24.4 Å². The molecule has 13 heteroatoms. The fraction of sp³-hybridized carbons (Fsp3) is 0.481. The monoisotopic (exact) mass is 572 g/mol. The van der Waals surface area contributed by atoms with Gasteiger partial charge in [0.25, 0.3) is 0 Å². The van der Waals surface area contributed by atoms with Gasteiger partial charge in [-0.2, -0.15) is 4.72 Å². The third-order valence-electron chi connectivity index (χ3n) is 7.43. The van der Waals surface area contributed by atoms with E-state index >= 15 is 0 Å². The van der Waals surface area contributed by atoms with E-state index in [0.29, 0.717) is 31.3 Å². The predicted octanol–water partition coefficient (Wildman–Crippen LogP) is 1.06. The number of hydrogen-bond acceptors (Lipinski definition) is 6. The molecule has 2 aromatic rings. The summed E-state index contributed by atoms with van der Waals surface area (Å²) in [6.07, 6.45) is 2.36. The molecular weight excluding hydrogens is 536 g/mol. The van der Waals surface area contributed by atoms with Crippen molar-refractivity contribution in [2.45, 2.75) is 62.0 Å². The Labute approximate surface area is 233 Å². The van der Waals surface area contributed by atoms with Gasteiger partial charge >= 0.3 is 5.97 Å². The highest BCUT2D eigenvalue weighted by Gasteiger charge is 2.42. The first kappa shape index (κ1) is 29.3. The Morgan fingerprint density at radius 2 is 1.85 bits per heavy atom. The summed E-state index contributed by atoms with van der Waals surface area (Å²) >= 11 is 0. The van der Waals surface area contributed by atoms with Gasteiger partial charge in [0.15, 0.2) is 5.96 Å². The Bertz CT molecular complexity index is 1390. The average molecular weight is 573 g/mol. The molecule has 0 aromatic heterocycles. The maximum absolute atomic E-state index is 13.7. The number of carbonyl (C=O) groups excluding carboxylic acids is 2. The van der Waals surface area contributed by atoms with Crippen LogP contribution in [-0.4, -0.2) is 84.8 Å². The second-order valence-corrected chi connectivity index (χ2v) is 12.2. The molecule has 6 N–H and O–H groups in total. The van der Waals surface area contributed by atoms with Crippen molar-refractivity contribution < 1.29 is 27.9 Å². The van der Waals surface area contributed by atoms with Crippen molar-refractivity contribution in [3.05, 3.63) is 42.5 Å². The number of piperidine rings is 1. The molecule has 2 aromatic carbocycles. The number of sulfonamides is 1. The molecular formula is C27H36N6O6S. The van der Waals surface area contributed by atoms with Gasteiger partial charge in [-0.1, -0.05) is 30.3 Å². The number of aliphatic carboxylic acids is 1. The number of guanidine groups is 1. The van der Waals surface area contributed by atoms with Crippen molar-refractivity contribution >= 4 is 44.5 Å². The average Bonchev–Trinajstić information content (AvgIpc) is 3.76. The molecule has 2 fully saturated rings. The van der Waals surface area contributed by atoms with Crippen LogP contribution in [0.25, 0.3) is 10.8 Å². The number of hydrogen-bond donors (Lipinski definition) is 5. The molecule has 12 nitrogen and oxygen atoms in total. The molecule has 1 saturated heterocycles. The van der Waals surface area contributed by atoms with Crippen molar-refractivity contribution in [1.29, 1.82) is 5.41 Å². The topological polar surface area (TPSA) is 186 Å². The molecule has 0 radical (unpaired) electrons. The summed E-state index contributed by atoms with van der Waals surface area (Å²) in [5.41, 5.74) is 5.60. The van der Waals surface area contributed by atoms with Crippen LogP contribution in [0.5, 0.6) is 0 Å². The predicted molar refractivity (Wildman–Crippen MR) is 149 cm³/mol. The minimum absolute atomic E-state index is 0.0301. The summed E-state index contributed by atoms with van der Waals surface area (Å²) in [6, 6.07) is 8.80. The van der Waals surface area contributed by atoms with E-state index in [2.05, 4.69) is 10.0 Å². The zero-order valence-corrected chi connectivity index (χ0v) is 23.2. The smallest absolute Gasteiger partial charge is 0.326 e. The molecule has 1 unspecified atom stereocenters. The van der Waals surface area contributed by atoms with Gasteiger partial charge in [0.1, 0.15) is 12.1 Å². The number of fused-ring (bicyclic) bond motifs is 1. The quantitative estimate of drug-likeness (QED) is 0.195. The van der Waals surface area contributed by atoms with Crippen LogP contribution in [0.3, 0.4) is 0 Å². The van der Waals surface area contributed by atoms with E-state index in [0.717, 1.165) is 18.2 Å².